The summed E-state index contributed by atoms with van der Waals surface area (Å²) in [6, 6.07) is 10.5. The molecule has 0 heterocycles. The molecule has 2 rings (SSSR count). The standard InChI is InChI=1S/C16H22OS/c17-16-12-6-1-3-8-14(16)9-7-13-18-15-10-4-2-5-11-15/h2,4-5,10-11,14H,1,3,6-9,12-13H2. The first-order chi connectivity index (χ1) is 8.86. The molecule has 0 radical (unpaired) electrons. The van der Waals surface area contributed by atoms with E-state index in [0.717, 1.165) is 37.9 Å². The Morgan fingerprint density at radius 2 is 1.94 bits per heavy atom. The van der Waals surface area contributed by atoms with Crippen LogP contribution in [0, 0.1) is 5.92 Å². The Balaban J connectivity index is 1.67. The predicted octanol–water partition coefficient (Wildman–Crippen LogP) is 4.71. The summed E-state index contributed by atoms with van der Waals surface area (Å²) in [5.74, 6) is 2.02. The SMILES string of the molecule is O=C1CCCCCC1CCCSc1ccccc1. The maximum atomic E-state index is 11.9. The van der Waals surface area contributed by atoms with Crippen molar-refractivity contribution < 1.29 is 4.79 Å². The average Bonchev–Trinajstić information content (AvgIpc) is 2.61. The molecule has 0 aromatic heterocycles. The molecule has 1 atom stereocenters. The summed E-state index contributed by atoms with van der Waals surface area (Å²) in [5.41, 5.74) is 0. The van der Waals surface area contributed by atoms with E-state index in [1.807, 2.05) is 17.8 Å². The minimum Gasteiger partial charge on any atom is -0.299 e. The van der Waals surface area contributed by atoms with Crippen LogP contribution in [0.25, 0.3) is 0 Å². The Morgan fingerprint density at radius 3 is 2.78 bits per heavy atom. The topological polar surface area (TPSA) is 17.1 Å². The first kappa shape index (κ1) is 13.7. The van der Waals surface area contributed by atoms with E-state index in [1.165, 1.54) is 17.7 Å². The Bertz CT molecular complexity index is 361. The first-order valence-corrected chi connectivity index (χ1v) is 8.05. The number of benzene rings is 1. The normalized spacial score (nSPS) is 20.7. The summed E-state index contributed by atoms with van der Waals surface area (Å²) in [6.45, 7) is 0. The van der Waals surface area contributed by atoms with Crippen molar-refractivity contribution in [3.63, 3.8) is 0 Å². The molecule has 18 heavy (non-hydrogen) atoms. The molecule has 2 heteroatoms. The fraction of sp³-hybridized carbons (Fsp3) is 0.562. The highest BCUT2D eigenvalue weighted by Gasteiger charge is 2.19. The van der Waals surface area contributed by atoms with Gasteiger partial charge in [0.15, 0.2) is 0 Å². The summed E-state index contributed by atoms with van der Waals surface area (Å²) in [5, 5.41) is 0. The molecule has 1 unspecified atom stereocenters. The van der Waals surface area contributed by atoms with E-state index in [1.54, 1.807) is 0 Å². The third-order valence-corrected chi connectivity index (χ3v) is 4.74. The highest BCUT2D eigenvalue weighted by molar-refractivity contribution is 7.99. The van der Waals surface area contributed by atoms with Crippen LogP contribution in [0.5, 0.6) is 0 Å². The maximum Gasteiger partial charge on any atom is 0.135 e. The molecule has 1 aromatic carbocycles. The number of Topliss-reactive ketones (excluding diaryl/α,β-unsaturated/α-hetero) is 1. The molecule has 0 spiro atoms. The third-order valence-electron chi connectivity index (χ3n) is 3.64. The summed E-state index contributed by atoms with van der Waals surface area (Å²) in [6.07, 6.45) is 7.84. The van der Waals surface area contributed by atoms with Crippen LogP contribution >= 0.6 is 11.8 Å². The Kier molecular flexibility index (Phi) is 5.79. The molecule has 98 valence electrons. The molecule has 1 aliphatic rings. The second-order valence-electron chi connectivity index (χ2n) is 5.07. The van der Waals surface area contributed by atoms with Crippen LogP contribution in [0.1, 0.15) is 44.9 Å². The van der Waals surface area contributed by atoms with Gasteiger partial charge in [0.1, 0.15) is 5.78 Å². The molecular weight excluding hydrogens is 240 g/mol. The largest absolute Gasteiger partial charge is 0.299 e. The lowest BCUT2D eigenvalue weighted by Crippen LogP contribution is -2.12. The smallest absolute Gasteiger partial charge is 0.135 e. The van der Waals surface area contributed by atoms with Gasteiger partial charge in [-0.3, -0.25) is 4.79 Å². The number of hydrogen-bond acceptors (Lipinski definition) is 2. The zero-order valence-electron chi connectivity index (χ0n) is 10.9. The fourth-order valence-corrected chi connectivity index (χ4v) is 3.47. The minimum atomic E-state index is 0.365. The summed E-state index contributed by atoms with van der Waals surface area (Å²) < 4.78 is 0. The summed E-state index contributed by atoms with van der Waals surface area (Å²) in [4.78, 5) is 13.2. The van der Waals surface area contributed by atoms with Crippen LogP contribution < -0.4 is 0 Å². The molecule has 0 N–H and O–H groups in total. The van der Waals surface area contributed by atoms with Gasteiger partial charge in [-0.1, -0.05) is 31.0 Å². The van der Waals surface area contributed by atoms with Crippen molar-refractivity contribution in [1.29, 1.82) is 0 Å². The lowest BCUT2D eigenvalue weighted by atomic mass is 9.94. The molecule has 1 aromatic rings. The van der Waals surface area contributed by atoms with Gasteiger partial charge in [-0.05, 0) is 43.6 Å². The molecule has 1 aliphatic carbocycles. The highest BCUT2D eigenvalue weighted by Crippen LogP contribution is 2.25. The second kappa shape index (κ2) is 7.63. The number of rotatable bonds is 5. The van der Waals surface area contributed by atoms with E-state index < -0.39 is 0 Å². The Labute approximate surface area is 114 Å². The lowest BCUT2D eigenvalue weighted by molar-refractivity contribution is -0.122. The number of ketones is 1. The Hall–Kier alpha value is -0.760. The van der Waals surface area contributed by atoms with Gasteiger partial charge >= 0.3 is 0 Å². The van der Waals surface area contributed by atoms with E-state index in [-0.39, 0.29) is 0 Å². The van der Waals surface area contributed by atoms with Gasteiger partial charge in [0.25, 0.3) is 0 Å². The number of carbonyl (C=O) groups excluding carboxylic acids is 1. The van der Waals surface area contributed by atoms with E-state index in [0.29, 0.717) is 11.7 Å². The van der Waals surface area contributed by atoms with Crippen LogP contribution in [0.4, 0.5) is 0 Å². The van der Waals surface area contributed by atoms with Crippen molar-refractivity contribution in [1.82, 2.24) is 0 Å². The zero-order valence-corrected chi connectivity index (χ0v) is 11.8. The fourth-order valence-electron chi connectivity index (χ4n) is 2.57. The zero-order chi connectivity index (χ0) is 12.6. The van der Waals surface area contributed by atoms with Crippen LogP contribution in [0.15, 0.2) is 35.2 Å². The average molecular weight is 262 g/mol. The summed E-state index contributed by atoms with van der Waals surface area (Å²) in [7, 11) is 0. The van der Waals surface area contributed by atoms with Crippen molar-refractivity contribution >= 4 is 17.5 Å². The number of thioether (sulfide) groups is 1. The number of carbonyl (C=O) groups is 1. The van der Waals surface area contributed by atoms with Gasteiger partial charge in [0.2, 0.25) is 0 Å². The molecule has 0 saturated heterocycles. The van der Waals surface area contributed by atoms with Crippen molar-refractivity contribution in [3.05, 3.63) is 30.3 Å². The van der Waals surface area contributed by atoms with Gasteiger partial charge in [-0.25, -0.2) is 0 Å². The van der Waals surface area contributed by atoms with Crippen molar-refractivity contribution in [2.45, 2.75) is 49.8 Å². The molecule has 0 aliphatic heterocycles. The van der Waals surface area contributed by atoms with Crippen molar-refractivity contribution in [3.8, 4) is 0 Å². The quantitative estimate of drug-likeness (QED) is 0.434. The van der Waals surface area contributed by atoms with Crippen LogP contribution in [-0.4, -0.2) is 11.5 Å². The highest BCUT2D eigenvalue weighted by atomic mass is 32.2. The van der Waals surface area contributed by atoms with E-state index >= 15 is 0 Å². The second-order valence-corrected chi connectivity index (χ2v) is 6.23. The van der Waals surface area contributed by atoms with Gasteiger partial charge in [-0.15, -0.1) is 11.8 Å². The molecule has 1 saturated carbocycles. The molecule has 1 fully saturated rings. The summed E-state index contributed by atoms with van der Waals surface area (Å²) >= 11 is 1.90. The molecule has 0 bridgehead atoms. The van der Waals surface area contributed by atoms with E-state index in [4.69, 9.17) is 0 Å². The first-order valence-electron chi connectivity index (χ1n) is 7.07. The minimum absolute atomic E-state index is 0.365. The van der Waals surface area contributed by atoms with E-state index in [2.05, 4.69) is 24.3 Å². The van der Waals surface area contributed by atoms with E-state index in [9.17, 15) is 4.79 Å². The maximum absolute atomic E-state index is 11.9. The monoisotopic (exact) mass is 262 g/mol. The molecule has 1 nitrogen and oxygen atoms in total. The van der Waals surface area contributed by atoms with Crippen molar-refractivity contribution in [2.24, 2.45) is 5.92 Å². The lowest BCUT2D eigenvalue weighted by Gasteiger charge is -2.12. The Morgan fingerprint density at radius 1 is 1.11 bits per heavy atom. The third kappa shape index (κ3) is 4.49. The molecule has 0 amide bonds. The van der Waals surface area contributed by atoms with Gasteiger partial charge in [-0.2, -0.15) is 0 Å². The van der Waals surface area contributed by atoms with Gasteiger partial charge in [0.05, 0.1) is 0 Å². The van der Waals surface area contributed by atoms with Crippen LogP contribution in [0.2, 0.25) is 0 Å². The van der Waals surface area contributed by atoms with Crippen molar-refractivity contribution in [2.75, 3.05) is 5.75 Å². The van der Waals surface area contributed by atoms with Gasteiger partial charge < -0.3 is 0 Å². The van der Waals surface area contributed by atoms with Crippen LogP contribution in [0.3, 0.4) is 0 Å². The number of hydrogen-bond donors (Lipinski definition) is 0. The van der Waals surface area contributed by atoms with Crippen LogP contribution in [-0.2, 0) is 4.79 Å². The molecular formula is C16H22OS. The van der Waals surface area contributed by atoms with Gasteiger partial charge in [0, 0.05) is 17.2 Å². The predicted molar refractivity (Wildman–Crippen MR) is 78.0 cm³/mol.